The van der Waals surface area contributed by atoms with Crippen LogP contribution in [0.1, 0.15) is 169 Å². The molecular weight excluding hydrogens is 403 g/mol. The van der Waals surface area contributed by atoms with Crippen LogP contribution in [0, 0.1) is 5.92 Å². The van der Waals surface area contributed by atoms with Crippen molar-refractivity contribution < 1.29 is 0 Å². The van der Waals surface area contributed by atoms with E-state index in [0.717, 1.165) is 5.92 Å². The molecule has 0 bridgehead atoms. The molecule has 2 heteroatoms. The first-order valence-electron chi connectivity index (χ1n) is 13.9. The van der Waals surface area contributed by atoms with E-state index in [1.807, 2.05) is 0 Å². The van der Waals surface area contributed by atoms with Crippen molar-refractivity contribution in [1.29, 1.82) is 0 Å². The van der Waals surface area contributed by atoms with Crippen molar-refractivity contribution in [2.24, 2.45) is 5.92 Å². The zero-order chi connectivity index (χ0) is 21.6. The molecule has 0 spiro atoms. The molecule has 0 rings (SSSR count). The van der Waals surface area contributed by atoms with Crippen LogP contribution in [-0.4, -0.2) is 5.16 Å². The molecule has 0 saturated carbocycles. The SMILES string of the molecule is CCCCCCCCC(CCCCCC)C(P)(CCCCCC)CCCCCC.Cl. The fourth-order valence-corrected chi connectivity index (χ4v) is 5.74. The molecule has 0 aliphatic heterocycles. The highest BCUT2D eigenvalue weighted by Crippen LogP contribution is 2.44. The Kier molecular flexibility index (Phi) is 26.7. The minimum absolute atomic E-state index is 0. The maximum Gasteiger partial charge on any atom is -0.0122 e. The molecule has 0 aliphatic rings. The third kappa shape index (κ3) is 18.3. The van der Waals surface area contributed by atoms with E-state index in [1.54, 1.807) is 0 Å². The standard InChI is InChI=1S/C28H59P.ClH/c1-5-9-13-17-18-20-24-27(23-19-14-10-6-2)28(29,25-21-15-11-7-3)26-22-16-12-8-4;/h27H,5-26,29H2,1-4H3;1H. The van der Waals surface area contributed by atoms with E-state index in [2.05, 4.69) is 36.9 Å². The summed E-state index contributed by atoms with van der Waals surface area (Å²) >= 11 is 0. The Balaban J connectivity index is 0. The van der Waals surface area contributed by atoms with Crippen LogP contribution in [0.4, 0.5) is 0 Å². The van der Waals surface area contributed by atoms with Gasteiger partial charge in [0.2, 0.25) is 0 Å². The van der Waals surface area contributed by atoms with E-state index in [9.17, 15) is 0 Å². The van der Waals surface area contributed by atoms with Gasteiger partial charge in [-0.15, -0.1) is 21.6 Å². The molecule has 2 atom stereocenters. The van der Waals surface area contributed by atoms with Crippen molar-refractivity contribution >= 4 is 21.6 Å². The number of rotatable bonds is 23. The molecule has 0 radical (unpaired) electrons. The van der Waals surface area contributed by atoms with Gasteiger partial charge in [-0.1, -0.05) is 143 Å². The van der Waals surface area contributed by atoms with Gasteiger partial charge in [-0.2, -0.15) is 0 Å². The van der Waals surface area contributed by atoms with Crippen LogP contribution in [0.25, 0.3) is 0 Å². The first-order valence-corrected chi connectivity index (χ1v) is 14.5. The molecule has 0 N–H and O–H groups in total. The third-order valence-corrected chi connectivity index (χ3v) is 8.17. The first kappa shape index (κ1) is 32.9. The number of hydrogen-bond donors (Lipinski definition) is 0. The average molecular weight is 463 g/mol. The maximum atomic E-state index is 3.46. The highest BCUT2D eigenvalue weighted by molar-refractivity contribution is 7.19. The highest BCUT2D eigenvalue weighted by atomic mass is 35.5. The molecule has 0 aromatic heterocycles. The lowest BCUT2D eigenvalue weighted by atomic mass is 9.77. The average Bonchev–Trinajstić information content (AvgIpc) is 2.72. The van der Waals surface area contributed by atoms with E-state index in [1.165, 1.54) is 141 Å². The summed E-state index contributed by atoms with van der Waals surface area (Å²) in [6.45, 7) is 9.35. The monoisotopic (exact) mass is 462 g/mol. The van der Waals surface area contributed by atoms with Crippen LogP contribution in [0.5, 0.6) is 0 Å². The maximum absolute atomic E-state index is 3.46. The van der Waals surface area contributed by atoms with E-state index in [-0.39, 0.29) is 12.4 Å². The van der Waals surface area contributed by atoms with Crippen molar-refractivity contribution in [2.75, 3.05) is 0 Å². The normalized spacial score (nSPS) is 12.7. The Bertz CT molecular complexity index is 306. The van der Waals surface area contributed by atoms with Gasteiger partial charge >= 0.3 is 0 Å². The number of halogens is 1. The third-order valence-electron chi connectivity index (χ3n) is 7.12. The molecule has 0 saturated heterocycles. The zero-order valence-electron chi connectivity index (χ0n) is 21.6. The minimum atomic E-state index is 0. The second-order valence-corrected chi connectivity index (χ2v) is 11.1. The molecule has 184 valence electrons. The van der Waals surface area contributed by atoms with E-state index in [4.69, 9.17) is 0 Å². The lowest BCUT2D eigenvalue weighted by Gasteiger charge is -2.39. The molecular formula is C28H60ClP. The van der Waals surface area contributed by atoms with Crippen molar-refractivity contribution in [3.8, 4) is 0 Å². The van der Waals surface area contributed by atoms with Gasteiger partial charge in [-0.05, 0) is 36.8 Å². The second kappa shape index (κ2) is 24.4. The van der Waals surface area contributed by atoms with E-state index >= 15 is 0 Å². The van der Waals surface area contributed by atoms with Crippen LogP contribution in [0.15, 0.2) is 0 Å². The predicted octanol–water partition coefficient (Wildman–Crippen LogP) is 11.3. The van der Waals surface area contributed by atoms with Gasteiger partial charge in [-0.3, -0.25) is 0 Å². The highest BCUT2D eigenvalue weighted by Gasteiger charge is 2.32. The van der Waals surface area contributed by atoms with Gasteiger partial charge in [0.15, 0.2) is 0 Å². The van der Waals surface area contributed by atoms with Crippen molar-refractivity contribution in [2.45, 2.75) is 174 Å². The van der Waals surface area contributed by atoms with Gasteiger partial charge < -0.3 is 0 Å². The Hall–Kier alpha value is 0.720. The molecule has 2 unspecified atom stereocenters. The number of unbranched alkanes of at least 4 members (excludes halogenated alkanes) is 14. The van der Waals surface area contributed by atoms with Gasteiger partial charge in [0.1, 0.15) is 0 Å². The summed E-state index contributed by atoms with van der Waals surface area (Å²) in [6, 6.07) is 0. The lowest BCUT2D eigenvalue weighted by molar-refractivity contribution is 0.270. The number of hydrogen-bond acceptors (Lipinski definition) is 0. The molecule has 0 heterocycles. The molecule has 0 nitrogen and oxygen atoms in total. The lowest BCUT2D eigenvalue weighted by Crippen LogP contribution is -2.32. The summed E-state index contributed by atoms with van der Waals surface area (Å²) in [7, 11) is 3.46. The van der Waals surface area contributed by atoms with Gasteiger partial charge in [0, 0.05) is 0 Å². The molecule has 30 heavy (non-hydrogen) atoms. The van der Waals surface area contributed by atoms with Gasteiger partial charge in [-0.25, -0.2) is 0 Å². The molecule has 0 aromatic carbocycles. The van der Waals surface area contributed by atoms with Crippen molar-refractivity contribution in [3.63, 3.8) is 0 Å². The minimum Gasteiger partial charge on any atom is -0.147 e. The summed E-state index contributed by atoms with van der Waals surface area (Å²) in [5.74, 6) is 0.943. The Morgan fingerprint density at radius 1 is 0.467 bits per heavy atom. The van der Waals surface area contributed by atoms with Crippen molar-refractivity contribution in [1.82, 2.24) is 0 Å². The molecule has 0 amide bonds. The summed E-state index contributed by atoms with van der Waals surface area (Å²) < 4.78 is 0. The summed E-state index contributed by atoms with van der Waals surface area (Å²) in [4.78, 5) is 0. The van der Waals surface area contributed by atoms with Crippen LogP contribution < -0.4 is 0 Å². The largest absolute Gasteiger partial charge is 0.147 e. The van der Waals surface area contributed by atoms with Gasteiger partial charge in [0.25, 0.3) is 0 Å². The predicted molar refractivity (Wildman–Crippen MR) is 147 cm³/mol. The van der Waals surface area contributed by atoms with Crippen molar-refractivity contribution in [3.05, 3.63) is 0 Å². The quantitative estimate of drug-likeness (QED) is 0.104. The summed E-state index contributed by atoms with van der Waals surface area (Å²) in [5.41, 5.74) is 0. The fraction of sp³-hybridized carbons (Fsp3) is 1.00. The Labute approximate surface area is 201 Å². The zero-order valence-corrected chi connectivity index (χ0v) is 23.6. The van der Waals surface area contributed by atoms with Crippen LogP contribution >= 0.6 is 21.6 Å². The fourth-order valence-electron chi connectivity index (χ4n) is 5.00. The van der Waals surface area contributed by atoms with Crippen LogP contribution in [0.3, 0.4) is 0 Å². The summed E-state index contributed by atoms with van der Waals surface area (Å²) in [6.07, 6.45) is 31.6. The van der Waals surface area contributed by atoms with Crippen LogP contribution in [0.2, 0.25) is 0 Å². The second-order valence-electron chi connectivity index (χ2n) is 9.96. The van der Waals surface area contributed by atoms with Crippen LogP contribution in [-0.2, 0) is 0 Å². The topological polar surface area (TPSA) is 0 Å². The Morgan fingerprint density at radius 2 is 0.767 bits per heavy atom. The first-order chi connectivity index (χ1) is 14.1. The molecule has 0 aliphatic carbocycles. The smallest absolute Gasteiger partial charge is 0.0122 e. The van der Waals surface area contributed by atoms with Gasteiger partial charge in [0.05, 0.1) is 0 Å². The summed E-state index contributed by atoms with van der Waals surface area (Å²) in [5, 5.41) is 0.525. The Morgan fingerprint density at radius 3 is 1.17 bits per heavy atom. The molecule has 0 aromatic rings. The van der Waals surface area contributed by atoms with E-state index in [0.29, 0.717) is 5.16 Å². The van der Waals surface area contributed by atoms with E-state index < -0.39 is 0 Å². The molecule has 0 fully saturated rings.